The molecule has 5 nitrogen and oxygen atoms in total. The van der Waals surface area contributed by atoms with Gasteiger partial charge in [0, 0.05) is 6.04 Å². The summed E-state index contributed by atoms with van der Waals surface area (Å²) in [6.07, 6.45) is 14.9. The molecule has 2 aliphatic heterocycles. The third-order valence-corrected chi connectivity index (χ3v) is 9.78. The lowest BCUT2D eigenvalue weighted by Crippen LogP contribution is -2.42. The summed E-state index contributed by atoms with van der Waals surface area (Å²) in [5.74, 6) is 0.610. The van der Waals surface area contributed by atoms with Crippen LogP contribution in [0.5, 0.6) is 0 Å². The highest BCUT2D eigenvalue weighted by Gasteiger charge is 2.63. The van der Waals surface area contributed by atoms with Gasteiger partial charge in [-0.1, -0.05) is 45.8 Å². The third kappa shape index (κ3) is 2.07. The van der Waals surface area contributed by atoms with Crippen molar-refractivity contribution < 1.29 is 0 Å². The van der Waals surface area contributed by atoms with Crippen molar-refractivity contribution in [3.63, 3.8) is 0 Å². The van der Waals surface area contributed by atoms with Gasteiger partial charge in [-0.3, -0.25) is 0 Å². The Morgan fingerprint density at radius 2 is 1.52 bits per heavy atom. The largest absolute Gasteiger partial charge is 0.348 e. The summed E-state index contributed by atoms with van der Waals surface area (Å²) < 4.78 is 5.31. The van der Waals surface area contributed by atoms with Gasteiger partial charge in [-0.15, -0.1) is 0 Å². The topological polar surface area (TPSA) is 48.9 Å². The molecule has 0 N–H and O–H groups in total. The summed E-state index contributed by atoms with van der Waals surface area (Å²) >= 11 is 0. The molecule has 0 radical (unpaired) electrons. The average Bonchev–Trinajstić information content (AvgIpc) is 3.18. The van der Waals surface area contributed by atoms with Gasteiger partial charge >= 0.3 is 11.4 Å². The van der Waals surface area contributed by atoms with E-state index in [0.29, 0.717) is 5.92 Å². The molecule has 7 rings (SSSR count). The van der Waals surface area contributed by atoms with Crippen LogP contribution in [0.3, 0.4) is 0 Å². The predicted molar refractivity (Wildman–Crippen MR) is 113 cm³/mol. The molecule has 0 saturated heterocycles. The van der Waals surface area contributed by atoms with Crippen molar-refractivity contribution in [3.05, 3.63) is 44.3 Å². The quantitative estimate of drug-likeness (QED) is 0.657. The fourth-order valence-corrected chi connectivity index (χ4v) is 7.63. The van der Waals surface area contributed by atoms with Gasteiger partial charge in [0.2, 0.25) is 0 Å². The monoisotopic (exact) mass is 395 g/mol. The van der Waals surface area contributed by atoms with Gasteiger partial charge in [0.05, 0.1) is 12.1 Å². The maximum atomic E-state index is 13.8. The zero-order valence-electron chi connectivity index (χ0n) is 18.0. The number of nitrogens with zero attached hydrogens (tertiary/aromatic N) is 3. The van der Waals surface area contributed by atoms with Gasteiger partial charge < -0.3 is 0 Å². The van der Waals surface area contributed by atoms with Gasteiger partial charge in [0.25, 0.3) is 0 Å². The molecule has 29 heavy (non-hydrogen) atoms. The second kappa shape index (κ2) is 5.67. The van der Waals surface area contributed by atoms with Crippen molar-refractivity contribution in [2.75, 3.05) is 0 Å². The minimum Gasteiger partial charge on any atom is -0.246 e. The van der Waals surface area contributed by atoms with Crippen molar-refractivity contribution in [2.45, 2.75) is 96.7 Å². The number of aromatic nitrogens is 3. The van der Waals surface area contributed by atoms with Crippen LogP contribution >= 0.6 is 0 Å². The van der Waals surface area contributed by atoms with Gasteiger partial charge in [-0.05, 0) is 72.8 Å². The number of rotatable bonds is 1. The van der Waals surface area contributed by atoms with E-state index in [9.17, 15) is 9.59 Å². The Labute approximate surface area is 172 Å². The zero-order valence-corrected chi connectivity index (χ0v) is 18.0. The summed E-state index contributed by atoms with van der Waals surface area (Å²) in [5.41, 5.74) is 2.80. The van der Waals surface area contributed by atoms with Crippen LogP contribution in [0.2, 0.25) is 0 Å². The van der Waals surface area contributed by atoms with Crippen LogP contribution in [-0.4, -0.2) is 13.9 Å². The van der Waals surface area contributed by atoms with Crippen LogP contribution in [0.15, 0.2) is 32.9 Å². The van der Waals surface area contributed by atoms with Crippen LogP contribution in [0, 0.1) is 16.7 Å². The SMILES string of the molecule is CC1(C)[C@H]2CC[C@@]1(C)[C@@H](n1c(=O)n3n(c1=O)C1C4=CC3C=C1CCCCCC4)C2. The molecule has 0 amide bonds. The minimum absolute atomic E-state index is 0.0149. The van der Waals surface area contributed by atoms with Gasteiger partial charge in [0.1, 0.15) is 0 Å². The molecule has 3 atom stereocenters. The van der Waals surface area contributed by atoms with Crippen LogP contribution < -0.4 is 11.4 Å². The summed E-state index contributed by atoms with van der Waals surface area (Å²) in [5, 5.41) is 0. The number of allylic oxidation sites excluding steroid dienone is 4. The summed E-state index contributed by atoms with van der Waals surface area (Å²) in [4.78, 5) is 27.4. The molecule has 156 valence electrons. The van der Waals surface area contributed by atoms with Gasteiger partial charge in [-0.2, -0.15) is 0 Å². The molecule has 0 spiro atoms. The molecule has 0 unspecified atom stereocenters. The number of hydrogen-bond acceptors (Lipinski definition) is 2. The highest BCUT2D eigenvalue weighted by atomic mass is 16.2. The van der Waals surface area contributed by atoms with Crippen LogP contribution in [0.25, 0.3) is 0 Å². The molecule has 1 aromatic heterocycles. The minimum atomic E-state index is -0.0833. The second-order valence-electron chi connectivity index (χ2n) is 11.0. The standard InChI is InChI=1S/C24H33N3O2/c1-23(2)17-10-11-24(23,3)19(14-17)25-21(28)26-18-12-15-8-6-4-5-7-9-16(13-18)20(15)27(26)22(25)29/h12-13,17-20H,4-11,14H2,1-3H3/t17-,18?,19-,20?,24-/m0/s1. The average molecular weight is 396 g/mol. The van der Waals surface area contributed by atoms with E-state index in [1.165, 1.54) is 43.3 Å². The molecule has 6 bridgehead atoms. The molecule has 5 heteroatoms. The first-order chi connectivity index (χ1) is 13.8. The maximum absolute atomic E-state index is 13.8. The molecule has 3 heterocycles. The molecule has 4 aliphatic carbocycles. The molecule has 3 fully saturated rings. The Balaban J connectivity index is 1.51. The van der Waals surface area contributed by atoms with E-state index in [1.807, 2.05) is 4.68 Å². The Hall–Kier alpha value is -1.78. The van der Waals surface area contributed by atoms with Crippen molar-refractivity contribution >= 4 is 0 Å². The van der Waals surface area contributed by atoms with E-state index in [0.717, 1.165) is 25.7 Å². The van der Waals surface area contributed by atoms with E-state index in [1.54, 1.807) is 9.25 Å². The summed E-state index contributed by atoms with van der Waals surface area (Å²) in [7, 11) is 0. The molecular formula is C24H33N3O2. The fraction of sp³-hybridized carbons (Fsp3) is 0.750. The molecule has 0 aromatic carbocycles. The highest BCUT2D eigenvalue weighted by molar-refractivity contribution is 5.36. The Morgan fingerprint density at radius 3 is 2.07 bits per heavy atom. The van der Waals surface area contributed by atoms with Gasteiger partial charge in [-0.25, -0.2) is 23.5 Å². The van der Waals surface area contributed by atoms with Gasteiger partial charge in [0.15, 0.2) is 0 Å². The fourth-order valence-electron chi connectivity index (χ4n) is 7.63. The first-order valence-electron chi connectivity index (χ1n) is 11.7. The van der Waals surface area contributed by atoms with E-state index in [4.69, 9.17) is 0 Å². The van der Waals surface area contributed by atoms with Crippen molar-refractivity contribution in [3.8, 4) is 0 Å². The van der Waals surface area contributed by atoms with E-state index in [-0.39, 0.29) is 40.3 Å². The second-order valence-corrected chi connectivity index (χ2v) is 11.0. The van der Waals surface area contributed by atoms with Crippen LogP contribution in [0.4, 0.5) is 0 Å². The lowest BCUT2D eigenvalue weighted by atomic mass is 9.69. The Kier molecular flexibility index (Phi) is 3.53. The Bertz CT molecular complexity index is 1040. The molecule has 1 aromatic rings. The van der Waals surface area contributed by atoms with Crippen LogP contribution in [0.1, 0.15) is 96.7 Å². The maximum Gasteiger partial charge on any atom is 0.348 e. The normalized spacial score (nSPS) is 39.4. The lowest BCUT2D eigenvalue weighted by molar-refractivity contribution is 0.103. The summed E-state index contributed by atoms with van der Waals surface area (Å²) in [6.45, 7) is 7.02. The lowest BCUT2D eigenvalue weighted by Gasteiger charge is -2.38. The highest BCUT2D eigenvalue weighted by Crippen LogP contribution is 2.69. The van der Waals surface area contributed by atoms with E-state index < -0.39 is 0 Å². The third-order valence-electron chi connectivity index (χ3n) is 9.78. The Morgan fingerprint density at radius 1 is 0.897 bits per heavy atom. The first-order valence-corrected chi connectivity index (χ1v) is 11.7. The van der Waals surface area contributed by atoms with E-state index in [2.05, 4.69) is 32.9 Å². The summed E-state index contributed by atoms with van der Waals surface area (Å²) in [6, 6.07) is -0.0632. The van der Waals surface area contributed by atoms with Crippen molar-refractivity contribution in [1.82, 2.24) is 13.9 Å². The first kappa shape index (κ1) is 18.0. The van der Waals surface area contributed by atoms with Crippen molar-refractivity contribution in [1.29, 1.82) is 0 Å². The number of hydrogen-bond donors (Lipinski definition) is 0. The molecule has 6 aliphatic rings. The molecular weight excluding hydrogens is 362 g/mol. The number of fused-ring (bicyclic) bond motifs is 2. The predicted octanol–water partition coefficient (Wildman–Crippen LogP) is 4.52. The van der Waals surface area contributed by atoms with Crippen molar-refractivity contribution in [2.24, 2.45) is 16.7 Å². The zero-order chi connectivity index (χ0) is 20.1. The van der Waals surface area contributed by atoms with Crippen LogP contribution in [-0.2, 0) is 0 Å². The smallest absolute Gasteiger partial charge is 0.246 e. The van der Waals surface area contributed by atoms with E-state index >= 15 is 0 Å². The molecule has 3 saturated carbocycles.